The zero-order valence-corrected chi connectivity index (χ0v) is 12.9. The average molecular weight is 289 g/mol. The first-order valence-corrected chi connectivity index (χ1v) is 7.40. The van der Waals surface area contributed by atoms with E-state index >= 15 is 0 Å². The Morgan fingerprint density at radius 2 is 2.14 bits per heavy atom. The van der Waals surface area contributed by atoms with Crippen LogP contribution in [-0.4, -0.2) is 29.8 Å². The lowest BCUT2D eigenvalue weighted by molar-refractivity contribution is 0.195. The Morgan fingerprint density at radius 1 is 1.38 bits per heavy atom. The Hall–Kier alpha value is -1.72. The first-order valence-electron chi connectivity index (χ1n) is 7.40. The molecule has 0 bridgehead atoms. The molecule has 0 aliphatic carbocycles. The minimum Gasteiger partial charge on any atom is -0.383 e. The van der Waals surface area contributed by atoms with Gasteiger partial charge in [-0.2, -0.15) is 0 Å². The Labute approximate surface area is 125 Å². The van der Waals surface area contributed by atoms with Crippen molar-refractivity contribution < 1.29 is 4.74 Å². The molecular weight excluding hydrogens is 266 g/mol. The fourth-order valence-corrected chi connectivity index (χ4v) is 2.42. The Bertz CT molecular complexity index is 652. The van der Waals surface area contributed by atoms with E-state index in [9.17, 15) is 4.79 Å². The molecular formula is C16H23N3O2. The van der Waals surface area contributed by atoms with Crippen LogP contribution in [0.1, 0.15) is 32.1 Å². The van der Waals surface area contributed by atoms with Gasteiger partial charge in [-0.25, -0.2) is 4.98 Å². The van der Waals surface area contributed by atoms with Crippen molar-refractivity contribution in [1.82, 2.24) is 14.9 Å². The molecule has 21 heavy (non-hydrogen) atoms. The zero-order chi connectivity index (χ0) is 15.2. The van der Waals surface area contributed by atoms with E-state index in [-0.39, 0.29) is 11.6 Å². The number of aromatic nitrogens is 2. The van der Waals surface area contributed by atoms with Gasteiger partial charge in [-0.1, -0.05) is 19.1 Å². The van der Waals surface area contributed by atoms with Crippen LogP contribution in [0.5, 0.6) is 0 Å². The van der Waals surface area contributed by atoms with Gasteiger partial charge >= 0.3 is 0 Å². The summed E-state index contributed by atoms with van der Waals surface area (Å²) in [5, 5.41) is 4.02. The maximum atomic E-state index is 12.6. The fourth-order valence-electron chi connectivity index (χ4n) is 2.42. The molecule has 1 atom stereocenters. The molecule has 0 radical (unpaired) electrons. The molecule has 0 aliphatic rings. The summed E-state index contributed by atoms with van der Waals surface area (Å²) >= 11 is 0. The van der Waals surface area contributed by atoms with E-state index in [0.717, 1.165) is 24.3 Å². The summed E-state index contributed by atoms with van der Waals surface area (Å²) in [5.41, 5.74) is 0.795. The molecule has 1 heterocycles. The summed E-state index contributed by atoms with van der Waals surface area (Å²) in [6, 6.07) is 7.51. The van der Waals surface area contributed by atoms with Gasteiger partial charge < -0.3 is 10.1 Å². The van der Waals surface area contributed by atoms with Crippen molar-refractivity contribution in [3.63, 3.8) is 0 Å². The van der Waals surface area contributed by atoms with Gasteiger partial charge in [-0.3, -0.25) is 9.36 Å². The molecule has 2 rings (SSSR count). The monoisotopic (exact) mass is 289 g/mol. The van der Waals surface area contributed by atoms with Gasteiger partial charge in [0.1, 0.15) is 5.82 Å². The van der Waals surface area contributed by atoms with E-state index in [1.807, 2.05) is 31.2 Å². The number of rotatable bonds is 7. The third kappa shape index (κ3) is 3.49. The van der Waals surface area contributed by atoms with Crippen LogP contribution in [0.15, 0.2) is 29.1 Å². The highest BCUT2D eigenvalue weighted by molar-refractivity contribution is 5.77. The predicted octanol–water partition coefficient (Wildman–Crippen LogP) is 2.10. The van der Waals surface area contributed by atoms with Crippen LogP contribution in [0.25, 0.3) is 10.9 Å². The highest BCUT2D eigenvalue weighted by atomic mass is 16.5. The molecule has 0 spiro atoms. The minimum atomic E-state index is 0.00371. The third-order valence-corrected chi connectivity index (χ3v) is 3.48. The lowest BCUT2D eigenvalue weighted by Gasteiger charge is -2.19. The van der Waals surface area contributed by atoms with E-state index in [1.54, 1.807) is 11.7 Å². The second-order valence-electron chi connectivity index (χ2n) is 5.11. The third-order valence-electron chi connectivity index (χ3n) is 3.48. The maximum absolute atomic E-state index is 12.6. The molecule has 0 fully saturated rings. The number of nitrogens with one attached hydrogen (secondary N) is 1. The Morgan fingerprint density at radius 3 is 2.86 bits per heavy atom. The van der Waals surface area contributed by atoms with Crippen molar-refractivity contribution in [2.75, 3.05) is 20.3 Å². The van der Waals surface area contributed by atoms with Crippen molar-refractivity contribution >= 4 is 10.9 Å². The van der Waals surface area contributed by atoms with Gasteiger partial charge in [-0.05, 0) is 25.5 Å². The van der Waals surface area contributed by atoms with Crippen LogP contribution in [0.3, 0.4) is 0 Å². The summed E-state index contributed by atoms with van der Waals surface area (Å²) in [5.74, 6) is 0.789. The van der Waals surface area contributed by atoms with E-state index in [1.165, 1.54) is 0 Å². The quantitative estimate of drug-likeness (QED) is 0.793. The van der Waals surface area contributed by atoms with Gasteiger partial charge in [-0.15, -0.1) is 0 Å². The number of hydrogen-bond donors (Lipinski definition) is 1. The topological polar surface area (TPSA) is 56.1 Å². The molecule has 1 N–H and O–H groups in total. The molecule has 2 aromatic rings. The van der Waals surface area contributed by atoms with Crippen molar-refractivity contribution in [2.45, 2.75) is 32.9 Å². The van der Waals surface area contributed by atoms with Crippen LogP contribution < -0.4 is 10.9 Å². The zero-order valence-electron chi connectivity index (χ0n) is 12.9. The molecule has 1 aromatic carbocycles. The van der Waals surface area contributed by atoms with Crippen LogP contribution >= 0.6 is 0 Å². The van der Waals surface area contributed by atoms with Gasteiger partial charge in [0.25, 0.3) is 5.56 Å². The number of nitrogens with zero attached hydrogens (tertiary/aromatic N) is 2. The van der Waals surface area contributed by atoms with E-state index < -0.39 is 0 Å². The SMILES string of the molecule is CCCn1c(C(C)NCCOC)nc2ccccc2c1=O. The predicted molar refractivity (Wildman–Crippen MR) is 84.6 cm³/mol. The normalized spacial score (nSPS) is 12.7. The van der Waals surface area contributed by atoms with Crippen LogP contribution in [0.2, 0.25) is 0 Å². The highest BCUT2D eigenvalue weighted by Crippen LogP contribution is 2.14. The average Bonchev–Trinajstić information content (AvgIpc) is 2.50. The second kappa shape index (κ2) is 7.33. The van der Waals surface area contributed by atoms with Gasteiger partial charge in [0.15, 0.2) is 0 Å². The fraction of sp³-hybridized carbons (Fsp3) is 0.500. The molecule has 1 unspecified atom stereocenters. The summed E-state index contributed by atoms with van der Waals surface area (Å²) < 4.78 is 6.83. The summed E-state index contributed by atoms with van der Waals surface area (Å²) in [4.78, 5) is 17.3. The summed E-state index contributed by atoms with van der Waals surface area (Å²) in [7, 11) is 1.67. The minimum absolute atomic E-state index is 0.00371. The van der Waals surface area contributed by atoms with Crippen molar-refractivity contribution in [1.29, 1.82) is 0 Å². The van der Waals surface area contributed by atoms with Gasteiger partial charge in [0.2, 0.25) is 0 Å². The largest absolute Gasteiger partial charge is 0.383 e. The van der Waals surface area contributed by atoms with Gasteiger partial charge in [0.05, 0.1) is 23.6 Å². The molecule has 0 saturated carbocycles. The second-order valence-corrected chi connectivity index (χ2v) is 5.11. The molecule has 114 valence electrons. The molecule has 0 aliphatic heterocycles. The van der Waals surface area contributed by atoms with Crippen molar-refractivity contribution in [2.24, 2.45) is 0 Å². The lowest BCUT2D eigenvalue weighted by atomic mass is 10.2. The number of methoxy groups -OCH3 is 1. The molecule has 0 amide bonds. The standard InChI is InChI=1S/C16H23N3O2/c1-4-10-19-15(12(2)17-9-11-21-3)18-14-8-6-5-7-13(14)16(19)20/h5-8,12,17H,4,9-11H2,1-3H3. The van der Waals surface area contributed by atoms with Crippen LogP contribution in [-0.2, 0) is 11.3 Å². The molecule has 5 heteroatoms. The first-order chi connectivity index (χ1) is 10.2. The summed E-state index contributed by atoms with van der Waals surface area (Å²) in [6.45, 7) is 6.14. The van der Waals surface area contributed by atoms with E-state index in [0.29, 0.717) is 18.5 Å². The van der Waals surface area contributed by atoms with E-state index in [2.05, 4.69) is 12.2 Å². The number of benzene rings is 1. The smallest absolute Gasteiger partial charge is 0.261 e. The van der Waals surface area contributed by atoms with Crippen LogP contribution in [0.4, 0.5) is 0 Å². The Balaban J connectivity index is 2.45. The first kappa shape index (κ1) is 15.7. The molecule has 5 nitrogen and oxygen atoms in total. The molecule has 1 aromatic heterocycles. The number of para-hydroxylation sites is 1. The molecule has 0 saturated heterocycles. The number of fused-ring (bicyclic) bond motifs is 1. The lowest BCUT2D eigenvalue weighted by Crippen LogP contribution is -2.32. The number of ether oxygens (including phenoxy) is 1. The van der Waals surface area contributed by atoms with Crippen LogP contribution in [0, 0.1) is 0 Å². The van der Waals surface area contributed by atoms with Crippen molar-refractivity contribution in [3.05, 3.63) is 40.4 Å². The van der Waals surface area contributed by atoms with E-state index in [4.69, 9.17) is 9.72 Å². The van der Waals surface area contributed by atoms with Gasteiger partial charge in [0, 0.05) is 20.2 Å². The summed E-state index contributed by atoms with van der Waals surface area (Å²) in [6.07, 6.45) is 0.901. The van der Waals surface area contributed by atoms with Crippen molar-refractivity contribution in [3.8, 4) is 0 Å². The number of hydrogen-bond acceptors (Lipinski definition) is 4. The highest BCUT2D eigenvalue weighted by Gasteiger charge is 2.15. The Kier molecular flexibility index (Phi) is 5.47. The maximum Gasteiger partial charge on any atom is 0.261 e.